The molecular weight excluding hydrogens is 298 g/mol. The lowest BCUT2D eigenvalue weighted by atomic mass is 9.87. The van der Waals surface area contributed by atoms with Crippen molar-refractivity contribution >= 4 is 17.9 Å². The molecule has 7 heteroatoms. The molecule has 0 radical (unpaired) electrons. The first-order valence-electron chi connectivity index (χ1n) is 8.46. The van der Waals surface area contributed by atoms with Crippen LogP contribution in [0.15, 0.2) is 0 Å². The van der Waals surface area contributed by atoms with Crippen LogP contribution in [0.3, 0.4) is 0 Å². The van der Waals surface area contributed by atoms with Gasteiger partial charge in [0, 0.05) is 19.6 Å². The van der Waals surface area contributed by atoms with Gasteiger partial charge >= 0.3 is 12.0 Å². The third-order valence-corrected chi connectivity index (χ3v) is 4.85. The predicted molar refractivity (Wildman–Crippen MR) is 84.9 cm³/mol. The second-order valence-corrected chi connectivity index (χ2v) is 6.86. The van der Waals surface area contributed by atoms with Crippen molar-refractivity contribution in [2.75, 3.05) is 19.6 Å². The van der Waals surface area contributed by atoms with E-state index in [1.54, 1.807) is 4.90 Å². The van der Waals surface area contributed by atoms with E-state index in [1.807, 2.05) is 13.8 Å². The highest BCUT2D eigenvalue weighted by molar-refractivity contribution is 5.91. The highest BCUT2D eigenvalue weighted by Gasteiger charge is 2.46. The number of nitrogens with one attached hydrogen (secondary N) is 2. The van der Waals surface area contributed by atoms with Gasteiger partial charge in [0.1, 0.15) is 5.54 Å². The molecule has 0 spiro atoms. The Labute approximate surface area is 136 Å². The van der Waals surface area contributed by atoms with Gasteiger partial charge in [-0.1, -0.05) is 19.8 Å². The molecule has 1 heterocycles. The summed E-state index contributed by atoms with van der Waals surface area (Å²) in [7, 11) is 0. The molecule has 0 aromatic heterocycles. The first-order chi connectivity index (χ1) is 10.9. The summed E-state index contributed by atoms with van der Waals surface area (Å²) < 4.78 is 0. The fraction of sp³-hybridized carbons (Fsp3) is 0.812. The van der Waals surface area contributed by atoms with Crippen molar-refractivity contribution in [1.29, 1.82) is 0 Å². The first kappa shape index (κ1) is 17.6. The van der Waals surface area contributed by atoms with Crippen molar-refractivity contribution in [1.82, 2.24) is 15.5 Å². The quantitative estimate of drug-likeness (QED) is 0.723. The number of amides is 3. The monoisotopic (exact) mass is 325 g/mol. The Morgan fingerprint density at radius 2 is 1.87 bits per heavy atom. The van der Waals surface area contributed by atoms with Gasteiger partial charge in [-0.2, -0.15) is 0 Å². The Balaban J connectivity index is 2.13. The molecule has 2 rings (SSSR count). The molecule has 23 heavy (non-hydrogen) atoms. The normalized spacial score (nSPS) is 26.6. The number of piperidine rings is 1. The molecule has 3 amide bonds. The third kappa shape index (κ3) is 3.95. The molecule has 2 atom stereocenters. The summed E-state index contributed by atoms with van der Waals surface area (Å²) in [6, 6.07) is -0.331. The fourth-order valence-corrected chi connectivity index (χ4v) is 3.79. The van der Waals surface area contributed by atoms with Gasteiger partial charge in [-0.15, -0.1) is 0 Å². The van der Waals surface area contributed by atoms with Crippen molar-refractivity contribution < 1.29 is 19.5 Å². The van der Waals surface area contributed by atoms with E-state index in [2.05, 4.69) is 10.6 Å². The summed E-state index contributed by atoms with van der Waals surface area (Å²) in [5.41, 5.74) is -0.876. The Bertz CT molecular complexity index is 474. The minimum atomic E-state index is -0.876. The minimum Gasteiger partial charge on any atom is -0.481 e. The molecule has 1 saturated carbocycles. The van der Waals surface area contributed by atoms with E-state index in [1.165, 1.54) is 0 Å². The van der Waals surface area contributed by atoms with Crippen LogP contribution in [0.2, 0.25) is 0 Å². The number of hydrogen-bond acceptors (Lipinski definition) is 3. The van der Waals surface area contributed by atoms with Crippen LogP contribution in [-0.4, -0.2) is 53.1 Å². The van der Waals surface area contributed by atoms with E-state index in [4.69, 9.17) is 0 Å². The lowest BCUT2D eigenvalue weighted by Gasteiger charge is -2.40. The minimum absolute atomic E-state index is 0.126. The number of carboxylic acid groups (broad SMARTS) is 1. The van der Waals surface area contributed by atoms with Crippen molar-refractivity contribution in [2.45, 2.75) is 51.5 Å². The molecule has 2 fully saturated rings. The summed E-state index contributed by atoms with van der Waals surface area (Å²) in [5.74, 6) is -1.35. The first-order valence-corrected chi connectivity index (χ1v) is 8.46. The van der Waals surface area contributed by atoms with Crippen LogP contribution in [0.5, 0.6) is 0 Å². The predicted octanol–water partition coefficient (Wildman–Crippen LogP) is 1.19. The van der Waals surface area contributed by atoms with Crippen LogP contribution >= 0.6 is 0 Å². The Kier molecular flexibility index (Phi) is 5.49. The zero-order chi connectivity index (χ0) is 17.0. The van der Waals surface area contributed by atoms with Crippen LogP contribution in [0.25, 0.3) is 0 Å². The van der Waals surface area contributed by atoms with E-state index in [0.717, 1.165) is 12.8 Å². The molecule has 2 aliphatic rings. The van der Waals surface area contributed by atoms with Gasteiger partial charge in [0.15, 0.2) is 0 Å². The number of hydrogen-bond donors (Lipinski definition) is 3. The lowest BCUT2D eigenvalue weighted by molar-refractivity contribution is -0.149. The average Bonchev–Trinajstić information content (AvgIpc) is 2.95. The molecule has 1 saturated heterocycles. The SMILES string of the molecule is CCNC(=O)NC1(C(=O)N2CC(C)CC(C(=O)O)C2)CCCC1. The van der Waals surface area contributed by atoms with Gasteiger partial charge in [0.2, 0.25) is 5.91 Å². The van der Waals surface area contributed by atoms with Gasteiger partial charge in [0.25, 0.3) is 0 Å². The average molecular weight is 325 g/mol. The number of carbonyl (C=O) groups is 3. The van der Waals surface area contributed by atoms with Crippen molar-refractivity contribution in [3.63, 3.8) is 0 Å². The van der Waals surface area contributed by atoms with Crippen LogP contribution < -0.4 is 10.6 Å². The van der Waals surface area contributed by atoms with Crippen LogP contribution in [-0.2, 0) is 9.59 Å². The highest BCUT2D eigenvalue weighted by atomic mass is 16.4. The van der Waals surface area contributed by atoms with Gasteiger partial charge in [-0.25, -0.2) is 4.79 Å². The summed E-state index contributed by atoms with van der Waals surface area (Å²) in [6.07, 6.45) is 3.61. The smallest absolute Gasteiger partial charge is 0.315 e. The van der Waals surface area contributed by atoms with E-state index in [-0.39, 0.29) is 24.4 Å². The number of likely N-dealkylation sites (tertiary alicyclic amines) is 1. The second kappa shape index (κ2) is 7.19. The van der Waals surface area contributed by atoms with Crippen LogP contribution in [0.4, 0.5) is 4.79 Å². The van der Waals surface area contributed by atoms with Gasteiger partial charge in [0.05, 0.1) is 5.92 Å². The summed E-state index contributed by atoms with van der Waals surface area (Å²) in [6.45, 7) is 5.08. The maximum absolute atomic E-state index is 13.1. The van der Waals surface area contributed by atoms with Gasteiger partial charge in [-0.3, -0.25) is 9.59 Å². The van der Waals surface area contributed by atoms with E-state index in [0.29, 0.717) is 32.4 Å². The zero-order valence-electron chi connectivity index (χ0n) is 13.9. The second-order valence-electron chi connectivity index (χ2n) is 6.86. The van der Waals surface area contributed by atoms with E-state index < -0.39 is 17.4 Å². The van der Waals surface area contributed by atoms with Gasteiger partial charge in [-0.05, 0) is 32.1 Å². The van der Waals surface area contributed by atoms with Crippen molar-refractivity contribution in [3.8, 4) is 0 Å². The molecule has 3 N–H and O–H groups in total. The molecule has 0 aromatic rings. The third-order valence-electron chi connectivity index (χ3n) is 4.85. The molecular formula is C16H27N3O4. The fourth-order valence-electron chi connectivity index (χ4n) is 3.79. The van der Waals surface area contributed by atoms with Crippen molar-refractivity contribution in [3.05, 3.63) is 0 Å². The maximum atomic E-state index is 13.1. The molecule has 0 bridgehead atoms. The number of rotatable bonds is 4. The number of carbonyl (C=O) groups excluding carboxylic acids is 2. The molecule has 7 nitrogen and oxygen atoms in total. The maximum Gasteiger partial charge on any atom is 0.315 e. The van der Waals surface area contributed by atoms with Crippen LogP contribution in [0, 0.1) is 11.8 Å². The van der Waals surface area contributed by atoms with E-state index in [9.17, 15) is 19.5 Å². The number of aliphatic carboxylic acids is 1. The van der Waals surface area contributed by atoms with Gasteiger partial charge < -0.3 is 20.6 Å². The highest BCUT2D eigenvalue weighted by Crippen LogP contribution is 2.33. The zero-order valence-corrected chi connectivity index (χ0v) is 13.9. The van der Waals surface area contributed by atoms with E-state index >= 15 is 0 Å². The summed E-state index contributed by atoms with van der Waals surface area (Å²) in [4.78, 5) is 38.0. The topological polar surface area (TPSA) is 98.7 Å². The standard InChI is InChI=1S/C16H27N3O4/c1-3-17-15(23)18-16(6-4-5-7-16)14(22)19-9-11(2)8-12(10-19)13(20)21/h11-12H,3-10H2,1-2H3,(H,20,21)(H2,17,18,23). The Morgan fingerprint density at radius 3 is 2.43 bits per heavy atom. The Morgan fingerprint density at radius 1 is 1.22 bits per heavy atom. The number of carboxylic acids is 1. The number of nitrogens with zero attached hydrogens (tertiary/aromatic N) is 1. The van der Waals surface area contributed by atoms with Crippen LogP contribution in [0.1, 0.15) is 46.0 Å². The summed E-state index contributed by atoms with van der Waals surface area (Å²) in [5, 5.41) is 14.8. The molecule has 2 unspecified atom stereocenters. The number of urea groups is 1. The summed E-state index contributed by atoms with van der Waals surface area (Å²) >= 11 is 0. The molecule has 0 aromatic carbocycles. The Hall–Kier alpha value is -1.79. The van der Waals surface area contributed by atoms with Crippen molar-refractivity contribution in [2.24, 2.45) is 11.8 Å². The largest absolute Gasteiger partial charge is 0.481 e. The molecule has 130 valence electrons. The molecule has 1 aliphatic heterocycles. The lowest BCUT2D eigenvalue weighted by Crippen LogP contribution is -2.62. The molecule has 1 aliphatic carbocycles.